The molecular weight excluding hydrogens is 254 g/mol. The lowest BCUT2D eigenvalue weighted by Gasteiger charge is -2.26. The Kier molecular flexibility index (Phi) is 6.07. The number of nitrogens with zero attached hydrogens (tertiary/aromatic N) is 4. The molecule has 0 aromatic carbocycles. The van der Waals surface area contributed by atoms with E-state index >= 15 is 0 Å². The SMILES string of the molecule is CC(C)C.Nc1nc(Cl)nc(N2CCOCC2)n1. The lowest BCUT2D eigenvalue weighted by Crippen LogP contribution is -2.37. The van der Waals surface area contributed by atoms with Crippen LogP contribution in [0.25, 0.3) is 0 Å². The maximum Gasteiger partial charge on any atom is 0.231 e. The van der Waals surface area contributed by atoms with E-state index in [1.807, 2.05) is 4.90 Å². The summed E-state index contributed by atoms with van der Waals surface area (Å²) >= 11 is 5.67. The van der Waals surface area contributed by atoms with Gasteiger partial charge < -0.3 is 15.4 Å². The molecule has 0 spiro atoms. The zero-order valence-electron chi connectivity index (χ0n) is 11.1. The Morgan fingerprint density at radius 2 is 1.72 bits per heavy atom. The van der Waals surface area contributed by atoms with Gasteiger partial charge in [0.05, 0.1) is 13.2 Å². The van der Waals surface area contributed by atoms with Crippen LogP contribution in [0, 0.1) is 5.92 Å². The maximum absolute atomic E-state index is 5.67. The maximum atomic E-state index is 5.67. The van der Waals surface area contributed by atoms with Gasteiger partial charge in [0.15, 0.2) is 0 Å². The molecule has 0 saturated carbocycles. The quantitative estimate of drug-likeness (QED) is 0.838. The van der Waals surface area contributed by atoms with Gasteiger partial charge in [-0.25, -0.2) is 0 Å². The molecule has 18 heavy (non-hydrogen) atoms. The van der Waals surface area contributed by atoms with Crippen LogP contribution in [0.3, 0.4) is 0 Å². The fourth-order valence-electron chi connectivity index (χ4n) is 1.26. The normalized spacial score (nSPS) is 15.3. The lowest BCUT2D eigenvalue weighted by molar-refractivity contribution is 0.122. The minimum Gasteiger partial charge on any atom is -0.378 e. The number of nitrogen functional groups attached to an aromatic ring is 1. The number of anilines is 2. The molecule has 1 aromatic rings. The topological polar surface area (TPSA) is 77.2 Å². The molecule has 0 radical (unpaired) electrons. The first-order valence-corrected chi connectivity index (χ1v) is 6.36. The molecule has 2 heterocycles. The van der Waals surface area contributed by atoms with E-state index in [9.17, 15) is 0 Å². The van der Waals surface area contributed by atoms with E-state index in [2.05, 4.69) is 35.7 Å². The predicted octanol–water partition coefficient (Wildman–Crippen LogP) is 1.61. The Labute approximate surface area is 113 Å². The second kappa shape index (κ2) is 7.33. The van der Waals surface area contributed by atoms with E-state index < -0.39 is 0 Å². The Bertz CT molecular complexity index is 345. The van der Waals surface area contributed by atoms with Gasteiger partial charge in [0.25, 0.3) is 0 Å². The third-order valence-corrected chi connectivity index (χ3v) is 2.08. The number of hydrogen-bond donors (Lipinski definition) is 1. The molecule has 0 unspecified atom stereocenters. The van der Waals surface area contributed by atoms with Crippen LogP contribution in [0.4, 0.5) is 11.9 Å². The van der Waals surface area contributed by atoms with Crippen molar-refractivity contribution < 1.29 is 4.74 Å². The van der Waals surface area contributed by atoms with Crippen LogP contribution in [0.5, 0.6) is 0 Å². The van der Waals surface area contributed by atoms with E-state index in [-0.39, 0.29) is 11.2 Å². The minimum atomic E-state index is 0.124. The first-order chi connectivity index (χ1) is 8.49. The second-order valence-electron chi connectivity index (χ2n) is 4.59. The minimum absolute atomic E-state index is 0.124. The summed E-state index contributed by atoms with van der Waals surface area (Å²) in [5.41, 5.74) is 5.46. The van der Waals surface area contributed by atoms with Crippen molar-refractivity contribution in [2.24, 2.45) is 5.92 Å². The van der Waals surface area contributed by atoms with E-state index in [0.29, 0.717) is 19.2 Å². The van der Waals surface area contributed by atoms with Crippen molar-refractivity contribution in [2.75, 3.05) is 36.9 Å². The van der Waals surface area contributed by atoms with Gasteiger partial charge >= 0.3 is 0 Å². The molecule has 0 aliphatic carbocycles. The number of ether oxygens (including phenoxy) is 1. The smallest absolute Gasteiger partial charge is 0.231 e. The number of rotatable bonds is 1. The molecule has 1 saturated heterocycles. The molecular formula is C11H20ClN5O. The molecule has 7 heteroatoms. The summed E-state index contributed by atoms with van der Waals surface area (Å²) in [5.74, 6) is 1.50. The monoisotopic (exact) mass is 273 g/mol. The number of halogens is 1. The second-order valence-corrected chi connectivity index (χ2v) is 4.93. The van der Waals surface area contributed by atoms with Crippen LogP contribution in [0.2, 0.25) is 5.28 Å². The average Bonchev–Trinajstić information content (AvgIpc) is 2.28. The van der Waals surface area contributed by atoms with Crippen molar-refractivity contribution in [2.45, 2.75) is 20.8 Å². The van der Waals surface area contributed by atoms with Gasteiger partial charge in [0.1, 0.15) is 0 Å². The van der Waals surface area contributed by atoms with Gasteiger partial charge in [0.2, 0.25) is 17.2 Å². The van der Waals surface area contributed by atoms with Crippen molar-refractivity contribution in [3.63, 3.8) is 0 Å². The first-order valence-electron chi connectivity index (χ1n) is 5.98. The largest absolute Gasteiger partial charge is 0.378 e. The van der Waals surface area contributed by atoms with Crippen molar-refractivity contribution >= 4 is 23.5 Å². The summed E-state index contributed by atoms with van der Waals surface area (Å²) in [6.07, 6.45) is 0. The molecule has 2 N–H and O–H groups in total. The molecule has 1 aliphatic heterocycles. The van der Waals surface area contributed by atoms with Gasteiger partial charge in [-0.2, -0.15) is 15.0 Å². The van der Waals surface area contributed by atoms with Crippen LogP contribution in [0.1, 0.15) is 20.8 Å². The highest BCUT2D eigenvalue weighted by Crippen LogP contribution is 2.13. The molecule has 1 aromatic heterocycles. The summed E-state index contributed by atoms with van der Waals surface area (Å²) in [5, 5.41) is 0.124. The standard InChI is InChI=1S/C7H10ClN5O.C4H10/c8-5-10-6(9)12-7(11-5)13-1-3-14-4-2-13;1-4(2)3/h1-4H2,(H2,9,10,11,12);4H,1-3H3. The van der Waals surface area contributed by atoms with Gasteiger partial charge in [-0.05, 0) is 17.5 Å². The number of hydrogen-bond acceptors (Lipinski definition) is 6. The van der Waals surface area contributed by atoms with E-state index in [4.69, 9.17) is 22.1 Å². The molecule has 1 aliphatic rings. The fraction of sp³-hybridized carbons (Fsp3) is 0.727. The molecule has 0 atom stereocenters. The Balaban J connectivity index is 0.000000357. The van der Waals surface area contributed by atoms with Crippen LogP contribution in [-0.2, 0) is 4.74 Å². The Morgan fingerprint density at radius 3 is 2.22 bits per heavy atom. The average molecular weight is 274 g/mol. The van der Waals surface area contributed by atoms with Crippen molar-refractivity contribution in [3.05, 3.63) is 5.28 Å². The van der Waals surface area contributed by atoms with E-state index in [1.54, 1.807) is 0 Å². The lowest BCUT2D eigenvalue weighted by atomic mass is 10.3. The van der Waals surface area contributed by atoms with E-state index in [1.165, 1.54) is 0 Å². The summed E-state index contributed by atoms with van der Waals surface area (Å²) in [7, 11) is 0. The summed E-state index contributed by atoms with van der Waals surface area (Å²) in [6.45, 7) is 9.34. The zero-order chi connectivity index (χ0) is 13.5. The molecule has 0 amide bonds. The predicted molar refractivity (Wildman–Crippen MR) is 72.8 cm³/mol. The van der Waals surface area contributed by atoms with Crippen molar-refractivity contribution in [1.82, 2.24) is 15.0 Å². The molecule has 102 valence electrons. The van der Waals surface area contributed by atoms with Crippen LogP contribution < -0.4 is 10.6 Å². The number of aromatic nitrogens is 3. The number of morpholine rings is 1. The molecule has 6 nitrogen and oxygen atoms in total. The van der Waals surface area contributed by atoms with Gasteiger partial charge in [-0.15, -0.1) is 0 Å². The Morgan fingerprint density at radius 1 is 1.17 bits per heavy atom. The molecule has 1 fully saturated rings. The first kappa shape index (κ1) is 14.9. The highest BCUT2D eigenvalue weighted by molar-refractivity contribution is 6.28. The highest BCUT2D eigenvalue weighted by atomic mass is 35.5. The fourth-order valence-corrected chi connectivity index (χ4v) is 1.42. The zero-order valence-corrected chi connectivity index (χ0v) is 11.8. The molecule has 0 bridgehead atoms. The third kappa shape index (κ3) is 5.46. The Hall–Kier alpha value is -1.14. The molecule has 2 rings (SSSR count). The summed E-state index contributed by atoms with van der Waals surface area (Å²) in [6, 6.07) is 0. The van der Waals surface area contributed by atoms with Crippen LogP contribution in [0.15, 0.2) is 0 Å². The highest BCUT2D eigenvalue weighted by Gasteiger charge is 2.14. The summed E-state index contributed by atoms with van der Waals surface area (Å²) in [4.78, 5) is 13.6. The number of nitrogens with two attached hydrogens (primary N) is 1. The van der Waals surface area contributed by atoms with E-state index in [0.717, 1.165) is 19.0 Å². The van der Waals surface area contributed by atoms with Gasteiger partial charge in [-0.1, -0.05) is 20.8 Å². The summed E-state index contributed by atoms with van der Waals surface area (Å²) < 4.78 is 5.20. The van der Waals surface area contributed by atoms with Crippen molar-refractivity contribution in [1.29, 1.82) is 0 Å². The van der Waals surface area contributed by atoms with Gasteiger partial charge in [-0.3, -0.25) is 0 Å². The van der Waals surface area contributed by atoms with Gasteiger partial charge in [0, 0.05) is 13.1 Å². The van der Waals surface area contributed by atoms with Crippen molar-refractivity contribution in [3.8, 4) is 0 Å². The third-order valence-electron chi connectivity index (χ3n) is 1.91. The van der Waals surface area contributed by atoms with Crippen LogP contribution in [-0.4, -0.2) is 41.3 Å². The van der Waals surface area contributed by atoms with Crippen LogP contribution >= 0.6 is 11.6 Å².